The molecule has 1 aromatic heterocycles. The van der Waals surface area contributed by atoms with Crippen molar-refractivity contribution in [3.63, 3.8) is 0 Å². The molecule has 108 valence electrons. The highest BCUT2D eigenvalue weighted by Crippen LogP contribution is 2.21. The number of H-pyrrole nitrogens is 1. The Morgan fingerprint density at radius 1 is 1.50 bits per heavy atom. The summed E-state index contributed by atoms with van der Waals surface area (Å²) >= 11 is 5.91. The van der Waals surface area contributed by atoms with Gasteiger partial charge in [0.1, 0.15) is 0 Å². The summed E-state index contributed by atoms with van der Waals surface area (Å²) in [4.78, 5) is 0.0812. The van der Waals surface area contributed by atoms with Gasteiger partial charge in [-0.25, -0.2) is 13.1 Å². The van der Waals surface area contributed by atoms with Crippen molar-refractivity contribution in [1.82, 2.24) is 25.3 Å². The number of nitrogens with two attached hydrogens (primary N) is 1. The van der Waals surface area contributed by atoms with E-state index in [1.165, 1.54) is 18.2 Å². The third kappa shape index (κ3) is 3.12. The molecule has 0 saturated carbocycles. The smallest absolute Gasteiger partial charge is 0.241 e. The Morgan fingerprint density at radius 3 is 2.85 bits per heavy atom. The van der Waals surface area contributed by atoms with E-state index in [4.69, 9.17) is 17.3 Å². The second-order valence-corrected chi connectivity index (χ2v) is 6.19. The Balaban J connectivity index is 2.26. The molecule has 20 heavy (non-hydrogen) atoms. The molecule has 0 radical (unpaired) electrons. The van der Waals surface area contributed by atoms with Gasteiger partial charge in [-0.05, 0) is 30.7 Å². The molecule has 8 nitrogen and oxygen atoms in total. The molecule has 1 heterocycles. The van der Waals surface area contributed by atoms with Crippen LogP contribution in [0.5, 0.6) is 0 Å². The molecular formula is C10H13ClN6O2S. The first-order valence-electron chi connectivity index (χ1n) is 5.68. The molecule has 4 N–H and O–H groups in total. The Labute approximate surface area is 120 Å². The summed E-state index contributed by atoms with van der Waals surface area (Å²) in [5, 5.41) is 13.5. The van der Waals surface area contributed by atoms with Gasteiger partial charge in [0, 0.05) is 11.6 Å². The van der Waals surface area contributed by atoms with Crippen molar-refractivity contribution in [2.45, 2.75) is 24.4 Å². The second-order valence-electron chi connectivity index (χ2n) is 4.07. The number of benzene rings is 1. The third-order valence-corrected chi connectivity index (χ3v) is 4.54. The average molecular weight is 317 g/mol. The van der Waals surface area contributed by atoms with Crippen LogP contribution in [-0.2, 0) is 16.6 Å². The molecule has 0 bridgehead atoms. The number of hydrogen-bond donors (Lipinski definition) is 3. The summed E-state index contributed by atoms with van der Waals surface area (Å²) in [5.41, 5.74) is 6.07. The molecule has 0 spiro atoms. The summed E-state index contributed by atoms with van der Waals surface area (Å²) in [7, 11) is -3.72. The minimum atomic E-state index is -3.72. The standard InChI is InChI=1S/C10H13ClN6O2S/c1-6(10-13-16-17-14-10)15-20(18,19)8-2-3-9(11)7(4-8)5-12/h2-4,6,15H,5,12H2,1H3,(H,13,14,16,17). The molecule has 1 atom stereocenters. The highest BCUT2D eigenvalue weighted by Gasteiger charge is 2.21. The van der Waals surface area contributed by atoms with Gasteiger partial charge in [0.2, 0.25) is 10.0 Å². The summed E-state index contributed by atoms with van der Waals surface area (Å²) in [6, 6.07) is 3.73. The topological polar surface area (TPSA) is 127 Å². The summed E-state index contributed by atoms with van der Waals surface area (Å²) in [5.74, 6) is 0.251. The van der Waals surface area contributed by atoms with E-state index in [9.17, 15) is 8.42 Å². The van der Waals surface area contributed by atoms with E-state index in [-0.39, 0.29) is 17.3 Å². The van der Waals surface area contributed by atoms with Crippen molar-refractivity contribution < 1.29 is 8.42 Å². The Kier molecular flexibility index (Phi) is 4.33. The van der Waals surface area contributed by atoms with Gasteiger partial charge in [-0.2, -0.15) is 5.21 Å². The van der Waals surface area contributed by atoms with E-state index < -0.39 is 16.1 Å². The number of tetrazole rings is 1. The van der Waals surface area contributed by atoms with E-state index >= 15 is 0 Å². The number of rotatable bonds is 5. The third-order valence-electron chi connectivity index (χ3n) is 2.63. The quantitative estimate of drug-likeness (QED) is 0.730. The zero-order valence-corrected chi connectivity index (χ0v) is 12.1. The predicted molar refractivity (Wildman–Crippen MR) is 72.3 cm³/mol. The summed E-state index contributed by atoms with van der Waals surface area (Å²) < 4.78 is 26.9. The normalized spacial score (nSPS) is 13.3. The van der Waals surface area contributed by atoms with Crippen molar-refractivity contribution in [3.8, 4) is 0 Å². The largest absolute Gasteiger partial charge is 0.326 e. The number of nitrogens with zero attached hydrogens (tertiary/aromatic N) is 3. The van der Waals surface area contributed by atoms with Gasteiger partial charge < -0.3 is 5.73 Å². The SMILES string of the molecule is CC(NS(=O)(=O)c1ccc(Cl)c(CN)c1)c1nn[nH]n1. The molecule has 1 unspecified atom stereocenters. The number of nitrogens with one attached hydrogen (secondary N) is 2. The van der Waals surface area contributed by atoms with E-state index in [0.29, 0.717) is 10.6 Å². The van der Waals surface area contributed by atoms with Crippen molar-refractivity contribution in [2.75, 3.05) is 0 Å². The first kappa shape index (κ1) is 14.9. The lowest BCUT2D eigenvalue weighted by molar-refractivity contribution is 0.560. The van der Waals surface area contributed by atoms with Crippen LogP contribution in [-0.4, -0.2) is 29.0 Å². The van der Waals surface area contributed by atoms with Crippen LogP contribution in [0.1, 0.15) is 24.4 Å². The summed E-state index contributed by atoms with van der Waals surface area (Å²) in [6.45, 7) is 1.77. The predicted octanol–water partition coefficient (Wildman–Crippen LogP) is 0.351. The Morgan fingerprint density at radius 2 is 2.25 bits per heavy atom. The highest BCUT2D eigenvalue weighted by molar-refractivity contribution is 7.89. The first-order chi connectivity index (χ1) is 9.44. The monoisotopic (exact) mass is 316 g/mol. The molecule has 1 aromatic carbocycles. The maximum atomic E-state index is 12.2. The van der Waals surface area contributed by atoms with Crippen LogP contribution in [0.25, 0.3) is 0 Å². The van der Waals surface area contributed by atoms with Crippen LogP contribution in [0, 0.1) is 0 Å². The van der Waals surface area contributed by atoms with Crippen molar-refractivity contribution >= 4 is 21.6 Å². The Hall–Kier alpha value is -1.55. The molecule has 0 aliphatic heterocycles. The van der Waals surface area contributed by atoms with Crippen LogP contribution in [0.2, 0.25) is 5.02 Å². The second kappa shape index (κ2) is 5.83. The number of halogens is 1. The van der Waals surface area contributed by atoms with Crippen molar-refractivity contribution in [2.24, 2.45) is 5.73 Å². The van der Waals surface area contributed by atoms with E-state index in [0.717, 1.165) is 0 Å². The number of aromatic amines is 1. The average Bonchev–Trinajstić information content (AvgIpc) is 2.92. The van der Waals surface area contributed by atoms with Crippen LogP contribution >= 0.6 is 11.6 Å². The zero-order valence-electron chi connectivity index (χ0n) is 10.5. The van der Waals surface area contributed by atoms with Gasteiger partial charge in [-0.15, -0.1) is 10.2 Å². The molecule has 0 saturated heterocycles. The number of sulfonamides is 1. The van der Waals surface area contributed by atoms with Gasteiger partial charge in [-0.1, -0.05) is 16.8 Å². The summed E-state index contributed by atoms with van der Waals surface area (Å²) in [6.07, 6.45) is 0. The molecule has 0 aliphatic rings. The van der Waals surface area contributed by atoms with Crippen LogP contribution < -0.4 is 10.5 Å². The lowest BCUT2D eigenvalue weighted by Crippen LogP contribution is -2.27. The van der Waals surface area contributed by atoms with E-state index in [1.54, 1.807) is 6.92 Å². The number of hydrogen-bond acceptors (Lipinski definition) is 6. The minimum Gasteiger partial charge on any atom is -0.326 e. The van der Waals surface area contributed by atoms with E-state index in [1.807, 2.05) is 0 Å². The molecule has 0 amide bonds. The highest BCUT2D eigenvalue weighted by atomic mass is 35.5. The van der Waals surface area contributed by atoms with E-state index in [2.05, 4.69) is 25.3 Å². The Bertz CT molecular complexity index is 688. The minimum absolute atomic E-state index is 0.0812. The van der Waals surface area contributed by atoms with Crippen LogP contribution in [0.15, 0.2) is 23.1 Å². The molecule has 2 aromatic rings. The fourth-order valence-electron chi connectivity index (χ4n) is 1.58. The van der Waals surface area contributed by atoms with Gasteiger partial charge in [0.25, 0.3) is 0 Å². The molecule has 10 heteroatoms. The van der Waals surface area contributed by atoms with Crippen LogP contribution in [0.3, 0.4) is 0 Å². The van der Waals surface area contributed by atoms with Gasteiger partial charge in [0.15, 0.2) is 5.82 Å². The lowest BCUT2D eigenvalue weighted by Gasteiger charge is -2.12. The maximum absolute atomic E-state index is 12.2. The van der Waals surface area contributed by atoms with Gasteiger partial charge >= 0.3 is 0 Å². The molecule has 2 rings (SSSR count). The maximum Gasteiger partial charge on any atom is 0.241 e. The molecule has 0 fully saturated rings. The van der Waals surface area contributed by atoms with Gasteiger partial charge in [0.05, 0.1) is 10.9 Å². The first-order valence-corrected chi connectivity index (χ1v) is 7.54. The lowest BCUT2D eigenvalue weighted by atomic mass is 10.2. The van der Waals surface area contributed by atoms with Crippen molar-refractivity contribution in [1.29, 1.82) is 0 Å². The fourth-order valence-corrected chi connectivity index (χ4v) is 3.03. The van der Waals surface area contributed by atoms with Crippen molar-refractivity contribution in [3.05, 3.63) is 34.6 Å². The van der Waals surface area contributed by atoms with Crippen LogP contribution in [0.4, 0.5) is 0 Å². The fraction of sp³-hybridized carbons (Fsp3) is 0.300. The zero-order chi connectivity index (χ0) is 14.8. The molecule has 0 aliphatic carbocycles. The molecular weight excluding hydrogens is 304 g/mol. The number of aromatic nitrogens is 4. The van der Waals surface area contributed by atoms with Gasteiger partial charge in [-0.3, -0.25) is 0 Å².